The molecular weight excluding hydrogens is 208 g/mol. The summed E-state index contributed by atoms with van der Waals surface area (Å²) in [5, 5.41) is 10.2. The molecule has 0 spiro atoms. The summed E-state index contributed by atoms with van der Waals surface area (Å²) in [6.07, 6.45) is 6.67. The molecule has 0 saturated heterocycles. The van der Waals surface area contributed by atoms with Gasteiger partial charge in [0.15, 0.2) is 0 Å². The van der Waals surface area contributed by atoms with Crippen molar-refractivity contribution in [2.24, 2.45) is 5.92 Å². The quantitative estimate of drug-likeness (QED) is 0.823. The SMILES string of the molecule is CCCC(C)C(O)Cc1ccc2c(c1)CCC2. The van der Waals surface area contributed by atoms with Gasteiger partial charge in [0.2, 0.25) is 0 Å². The van der Waals surface area contributed by atoms with Gasteiger partial charge in [0.1, 0.15) is 0 Å². The highest BCUT2D eigenvalue weighted by molar-refractivity contribution is 5.35. The number of aliphatic hydroxyl groups excluding tert-OH is 1. The molecule has 1 aliphatic rings. The highest BCUT2D eigenvalue weighted by atomic mass is 16.3. The molecule has 0 aromatic heterocycles. The van der Waals surface area contributed by atoms with Crippen LogP contribution in [0.25, 0.3) is 0 Å². The minimum absolute atomic E-state index is 0.186. The summed E-state index contributed by atoms with van der Waals surface area (Å²) < 4.78 is 0. The fourth-order valence-electron chi connectivity index (χ4n) is 2.84. The minimum atomic E-state index is -0.186. The van der Waals surface area contributed by atoms with E-state index in [1.54, 1.807) is 0 Å². The molecule has 2 atom stereocenters. The fraction of sp³-hybridized carbons (Fsp3) is 0.625. The maximum absolute atomic E-state index is 10.2. The summed E-state index contributed by atoms with van der Waals surface area (Å²) in [4.78, 5) is 0. The molecule has 0 aliphatic heterocycles. The first-order chi connectivity index (χ1) is 8.20. The smallest absolute Gasteiger partial charge is 0.0606 e. The molecule has 1 nitrogen and oxygen atoms in total. The Kier molecular flexibility index (Phi) is 4.22. The van der Waals surface area contributed by atoms with Crippen molar-refractivity contribution in [2.75, 3.05) is 0 Å². The molecule has 1 heteroatoms. The van der Waals surface area contributed by atoms with Gasteiger partial charge in [0.05, 0.1) is 6.10 Å². The van der Waals surface area contributed by atoms with Gasteiger partial charge in [-0.1, -0.05) is 38.5 Å². The predicted molar refractivity (Wildman–Crippen MR) is 72.2 cm³/mol. The van der Waals surface area contributed by atoms with E-state index < -0.39 is 0 Å². The molecule has 2 unspecified atom stereocenters. The van der Waals surface area contributed by atoms with Gasteiger partial charge in [-0.2, -0.15) is 0 Å². The van der Waals surface area contributed by atoms with Gasteiger partial charge in [0, 0.05) is 0 Å². The van der Waals surface area contributed by atoms with Crippen LogP contribution in [0.15, 0.2) is 18.2 Å². The summed E-state index contributed by atoms with van der Waals surface area (Å²) in [7, 11) is 0. The van der Waals surface area contributed by atoms with E-state index in [4.69, 9.17) is 0 Å². The second-order valence-electron chi connectivity index (χ2n) is 5.49. The summed E-state index contributed by atoms with van der Waals surface area (Å²) in [6.45, 7) is 4.33. The number of aryl methyl sites for hydroxylation is 2. The summed E-state index contributed by atoms with van der Waals surface area (Å²) >= 11 is 0. The molecular formula is C16H24O. The lowest BCUT2D eigenvalue weighted by Crippen LogP contribution is -2.20. The Labute approximate surface area is 105 Å². The maximum Gasteiger partial charge on any atom is 0.0606 e. The van der Waals surface area contributed by atoms with Crippen molar-refractivity contribution in [3.8, 4) is 0 Å². The second kappa shape index (κ2) is 5.68. The Morgan fingerprint density at radius 1 is 1.24 bits per heavy atom. The normalized spacial score (nSPS) is 17.8. The van der Waals surface area contributed by atoms with E-state index in [0.29, 0.717) is 5.92 Å². The number of hydrogen-bond donors (Lipinski definition) is 1. The van der Waals surface area contributed by atoms with Gasteiger partial charge in [-0.25, -0.2) is 0 Å². The van der Waals surface area contributed by atoms with Gasteiger partial charge in [-0.3, -0.25) is 0 Å². The van der Waals surface area contributed by atoms with Gasteiger partial charge in [-0.05, 0) is 54.7 Å². The van der Waals surface area contributed by atoms with Gasteiger partial charge in [-0.15, -0.1) is 0 Å². The Morgan fingerprint density at radius 2 is 2.00 bits per heavy atom. The Bertz CT molecular complexity index is 370. The highest BCUT2D eigenvalue weighted by Crippen LogP contribution is 2.24. The largest absolute Gasteiger partial charge is 0.393 e. The van der Waals surface area contributed by atoms with Crippen molar-refractivity contribution in [3.05, 3.63) is 34.9 Å². The van der Waals surface area contributed by atoms with Crippen LogP contribution >= 0.6 is 0 Å². The zero-order valence-electron chi connectivity index (χ0n) is 11.1. The van der Waals surface area contributed by atoms with Crippen LogP contribution in [0.1, 0.15) is 49.8 Å². The minimum Gasteiger partial charge on any atom is -0.393 e. The molecule has 2 rings (SSSR count). The van der Waals surface area contributed by atoms with Gasteiger partial charge >= 0.3 is 0 Å². The Morgan fingerprint density at radius 3 is 2.76 bits per heavy atom. The van der Waals surface area contributed by atoms with Crippen molar-refractivity contribution in [3.63, 3.8) is 0 Å². The number of aliphatic hydroxyl groups is 1. The molecule has 1 aromatic rings. The molecule has 0 saturated carbocycles. The average Bonchev–Trinajstić information content (AvgIpc) is 2.76. The second-order valence-corrected chi connectivity index (χ2v) is 5.49. The van der Waals surface area contributed by atoms with Crippen LogP contribution in [-0.2, 0) is 19.3 Å². The standard InChI is InChI=1S/C16H24O/c1-3-5-12(2)16(17)11-13-8-9-14-6-4-7-15(14)10-13/h8-10,12,16-17H,3-7,11H2,1-2H3. The van der Waals surface area contributed by atoms with Crippen molar-refractivity contribution in [1.29, 1.82) is 0 Å². The average molecular weight is 232 g/mol. The Balaban J connectivity index is 1.99. The van der Waals surface area contributed by atoms with Crippen LogP contribution in [0.5, 0.6) is 0 Å². The van der Waals surface area contributed by atoms with Crippen molar-refractivity contribution in [2.45, 2.75) is 58.5 Å². The monoisotopic (exact) mass is 232 g/mol. The topological polar surface area (TPSA) is 20.2 Å². The molecule has 1 aliphatic carbocycles. The third-order valence-corrected chi connectivity index (χ3v) is 4.01. The molecule has 0 heterocycles. The zero-order chi connectivity index (χ0) is 12.3. The molecule has 0 radical (unpaired) electrons. The molecule has 17 heavy (non-hydrogen) atoms. The van der Waals surface area contributed by atoms with Crippen LogP contribution in [0.2, 0.25) is 0 Å². The lowest BCUT2D eigenvalue weighted by molar-refractivity contribution is 0.111. The van der Waals surface area contributed by atoms with E-state index in [9.17, 15) is 5.11 Å². The fourth-order valence-corrected chi connectivity index (χ4v) is 2.84. The van der Waals surface area contributed by atoms with Crippen LogP contribution in [0.4, 0.5) is 0 Å². The summed E-state index contributed by atoms with van der Waals surface area (Å²) in [6, 6.07) is 6.77. The third kappa shape index (κ3) is 3.10. The third-order valence-electron chi connectivity index (χ3n) is 4.01. The van der Waals surface area contributed by atoms with Crippen LogP contribution < -0.4 is 0 Å². The number of benzene rings is 1. The molecule has 1 N–H and O–H groups in total. The first kappa shape index (κ1) is 12.6. The van der Waals surface area contributed by atoms with E-state index in [1.165, 1.54) is 36.0 Å². The van der Waals surface area contributed by atoms with Crippen molar-refractivity contribution >= 4 is 0 Å². The predicted octanol–water partition coefficient (Wildman–Crippen LogP) is 3.51. The lowest BCUT2D eigenvalue weighted by atomic mass is 9.93. The summed E-state index contributed by atoms with van der Waals surface area (Å²) in [5.41, 5.74) is 4.34. The van der Waals surface area contributed by atoms with E-state index >= 15 is 0 Å². The maximum atomic E-state index is 10.2. The Hall–Kier alpha value is -0.820. The number of rotatable bonds is 5. The van der Waals surface area contributed by atoms with E-state index in [0.717, 1.165) is 19.3 Å². The van der Waals surface area contributed by atoms with Crippen LogP contribution in [-0.4, -0.2) is 11.2 Å². The lowest BCUT2D eigenvalue weighted by Gasteiger charge is -2.18. The first-order valence-electron chi connectivity index (χ1n) is 6.99. The molecule has 94 valence electrons. The van der Waals surface area contributed by atoms with Gasteiger partial charge in [0.25, 0.3) is 0 Å². The van der Waals surface area contributed by atoms with Crippen LogP contribution in [0.3, 0.4) is 0 Å². The van der Waals surface area contributed by atoms with Gasteiger partial charge < -0.3 is 5.11 Å². The highest BCUT2D eigenvalue weighted by Gasteiger charge is 2.16. The van der Waals surface area contributed by atoms with E-state index in [2.05, 4.69) is 32.0 Å². The zero-order valence-corrected chi connectivity index (χ0v) is 11.1. The van der Waals surface area contributed by atoms with E-state index in [-0.39, 0.29) is 6.10 Å². The number of fused-ring (bicyclic) bond motifs is 1. The first-order valence-corrected chi connectivity index (χ1v) is 6.99. The van der Waals surface area contributed by atoms with Crippen molar-refractivity contribution < 1.29 is 5.11 Å². The number of hydrogen-bond acceptors (Lipinski definition) is 1. The molecule has 0 bridgehead atoms. The summed E-state index contributed by atoms with van der Waals surface area (Å²) in [5.74, 6) is 0.410. The van der Waals surface area contributed by atoms with E-state index in [1.807, 2.05) is 0 Å². The molecule has 0 amide bonds. The van der Waals surface area contributed by atoms with Crippen molar-refractivity contribution in [1.82, 2.24) is 0 Å². The molecule has 0 fully saturated rings. The molecule has 1 aromatic carbocycles. The van der Waals surface area contributed by atoms with Crippen LogP contribution in [0, 0.1) is 5.92 Å².